The number of unbranched alkanes of at least 4 members (excludes halogenated alkanes) is 1. The standard InChI is InChI=1S/C29H49N7O7S4/c1-17(37)33-20(16-45-47-29(5,6)7)26(42)34-18(25(41)35-19(24(31)40)15-44-46-28(2,3)4)10-8-9-13-32-27(43)21(14-30)36-22(38)11-12-23(36)39/h11-12,18-21H,8-10,13-16,30H2,1-7H3,(H2,31,40)(H,32,43)(H,33,37)(H,34,42)(H,35,41). The van der Waals surface area contributed by atoms with Crippen molar-refractivity contribution in [1.29, 1.82) is 0 Å². The van der Waals surface area contributed by atoms with E-state index in [-0.39, 0.29) is 40.5 Å². The number of nitrogens with zero attached hydrogens (tertiary/aromatic N) is 1. The van der Waals surface area contributed by atoms with E-state index in [1.165, 1.54) is 39.3 Å². The molecule has 0 saturated heterocycles. The van der Waals surface area contributed by atoms with Gasteiger partial charge in [-0.15, -0.1) is 0 Å². The Morgan fingerprint density at radius 2 is 1.26 bits per heavy atom. The van der Waals surface area contributed by atoms with Crippen LogP contribution < -0.4 is 32.7 Å². The van der Waals surface area contributed by atoms with E-state index in [1.54, 1.807) is 10.8 Å². The zero-order valence-corrected chi connectivity index (χ0v) is 31.3. The topological polar surface area (TPSA) is 223 Å². The Balaban J connectivity index is 2.96. The first-order valence-corrected chi connectivity index (χ1v) is 19.7. The predicted octanol–water partition coefficient (Wildman–Crippen LogP) is 0.845. The molecule has 14 nitrogen and oxygen atoms in total. The highest BCUT2D eigenvalue weighted by molar-refractivity contribution is 8.77. The van der Waals surface area contributed by atoms with Crippen molar-refractivity contribution in [3.05, 3.63) is 12.2 Å². The molecule has 1 aliphatic rings. The summed E-state index contributed by atoms with van der Waals surface area (Å²) in [5, 5.41) is 10.7. The first-order chi connectivity index (χ1) is 21.8. The molecule has 1 rings (SSSR count). The first-order valence-electron chi connectivity index (χ1n) is 15.1. The van der Waals surface area contributed by atoms with E-state index in [1.807, 2.05) is 41.5 Å². The minimum atomic E-state index is -1.16. The Morgan fingerprint density at radius 1 is 0.766 bits per heavy atom. The molecule has 0 spiro atoms. The molecule has 8 N–H and O–H groups in total. The molecule has 0 aliphatic carbocycles. The summed E-state index contributed by atoms with van der Waals surface area (Å²) in [6.45, 7) is 13.3. The van der Waals surface area contributed by atoms with Gasteiger partial charge in [-0.05, 0) is 19.3 Å². The highest BCUT2D eigenvalue weighted by atomic mass is 33.1. The number of carbonyl (C=O) groups excluding carboxylic acids is 7. The first kappa shape index (κ1) is 42.6. The van der Waals surface area contributed by atoms with E-state index in [0.717, 1.165) is 17.1 Å². The van der Waals surface area contributed by atoms with Crippen molar-refractivity contribution in [1.82, 2.24) is 26.2 Å². The van der Waals surface area contributed by atoms with Gasteiger partial charge < -0.3 is 32.7 Å². The van der Waals surface area contributed by atoms with Crippen LogP contribution in [0.3, 0.4) is 0 Å². The molecule has 266 valence electrons. The van der Waals surface area contributed by atoms with Crippen molar-refractivity contribution in [2.75, 3.05) is 24.6 Å². The predicted molar refractivity (Wildman–Crippen MR) is 191 cm³/mol. The lowest BCUT2D eigenvalue weighted by molar-refractivity contribution is -0.145. The largest absolute Gasteiger partial charge is 0.368 e. The van der Waals surface area contributed by atoms with Crippen LogP contribution in [0.2, 0.25) is 0 Å². The number of carbonyl (C=O) groups is 7. The second kappa shape index (κ2) is 20.2. The zero-order chi connectivity index (χ0) is 35.9. The molecule has 7 amide bonds. The summed E-state index contributed by atoms with van der Waals surface area (Å²) in [7, 11) is 5.89. The number of imide groups is 1. The summed E-state index contributed by atoms with van der Waals surface area (Å²) in [6.07, 6.45) is 2.99. The number of primary amides is 1. The van der Waals surface area contributed by atoms with E-state index in [0.29, 0.717) is 12.8 Å². The normalized spacial score (nSPS) is 15.9. The van der Waals surface area contributed by atoms with E-state index >= 15 is 0 Å². The van der Waals surface area contributed by atoms with Crippen LogP contribution in [-0.4, -0.2) is 105 Å². The molecule has 0 aromatic carbocycles. The van der Waals surface area contributed by atoms with Crippen LogP contribution in [0.4, 0.5) is 0 Å². The summed E-state index contributed by atoms with van der Waals surface area (Å²) >= 11 is 0. The van der Waals surface area contributed by atoms with Crippen LogP contribution in [-0.2, 0) is 33.6 Å². The van der Waals surface area contributed by atoms with Gasteiger partial charge in [-0.1, -0.05) is 84.7 Å². The highest BCUT2D eigenvalue weighted by Crippen LogP contribution is 2.36. The smallest absolute Gasteiger partial charge is 0.254 e. The molecule has 0 aromatic heterocycles. The lowest BCUT2D eigenvalue weighted by Gasteiger charge is -2.25. The number of hydrogen-bond acceptors (Lipinski definition) is 12. The van der Waals surface area contributed by atoms with Gasteiger partial charge in [0, 0.05) is 53.2 Å². The van der Waals surface area contributed by atoms with Crippen molar-refractivity contribution in [2.24, 2.45) is 11.5 Å². The van der Waals surface area contributed by atoms with Gasteiger partial charge in [-0.2, -0.15) is 0 Å². The van der Waals surface area contributed by atoms with Gasteiger partial charge in [0.15, 0.2) is 0 Å². The Hall–Kier alpha value is -2.41. The SMILES string of the molecule is CC(=O)NC(CSSC(C)(C)C)C(=O)NC(CCCCNC(=O)C(CN)N1C(=O)C=CC1=O)C(=O)NC(CSSC(C)(C)C)C(N)=O. The lowest BCUT2D eigenvalue weighted by atomic mass is 10.1. The summed E-state index contributed by atoms with van der Waals surface area (Å²) in [6, 6.07) is -4.17. The molecule has 4 atom stereocenters. The van der Waals surface area contributed by atoms with Gasteiger partial charge in [-0.3, -0.25) is 38.5 Å². The molecular formula is C29H49N7O7S4. The molecule has 0 saturated carbocycles. The van der Waals surface area contributed by atoms with Crippen LogP contribution in [0, 0.1) is 0 Å². The Morgan fingerprint density at radius 3 is 1.72 bits per heavy atom. The molecule has 0 radical (unpaired) electrons. The second-order valence-electron chi connectivity index (χ2n) is 12.7. The fourth-order valence-electron chi connectivity index (χ4n) is 3.85. The fourth-order valence-corrected chi connectivity index (χ4v) is 8.79. The molecule has 0 bridgehead atoms. The van der Waals surface area contributed by atoms with E-state index in [9.17, 15) is 33.6 Å². The van der Waals surface area contributed by atoms with Crippen LogP contribution in [0.5, 0.6) is 0 Å². The van der Waals surface area contributed by atoms with Crippen molar-refractivity contribution in [2.45, 2.75) is 101 Å². The zero-order valence-electron chi connectivity index (χ0n) is 28.0. The Bertz CT molecular complexity index is 1160. The molecule has 4 unspecified atom stereocenters. The van der Waals surface area contributed by atoms with Crippen LogP contribution >= 0.6 is 43.2 Å². The van der Waals surface area contributed by atoms with Gasteiger partial charge in [0.2, 0.25) is 29.5 Å². The van der Waals surface area contributed by atoms with Gasteiger partial charge in [-0.25, -0.2) is 0 Å². The average molecular weight is 736 g/mol. The summed E-state index contributed by atoms with van der Waals surface area (Å²) in [4.78, 5) is 88.3. The summed E-state index contributed by atoms with van der Waals surface area (Å²) < 4.78 is -0.182. The average Bonchev–Trinajstić information content (AvgIpc) is 3.27. The second-order valence-corrected chi connectivity index (χ2v) is 19.0. The van der Waals surface area contributed by atoms with E-state index in [2.05, 4.69) is 21.3 Å². The van der Waals surface area contributed by atoms with Crippen molar-refractivity contribution in [3.63, 3.8) is 0 Å². The molecular weight excluding hydrogens is 687 g/mol. The van der Waals surface area contributed by atoms with Crippen LogP contribution in [0.15, 0.2) is 12.2 Å². The van der Waals surface area contributed by atoms with Crippen molar-refractivity contribution in [3.8, 4) is 0 Å². The van der Waals surface area contributed by atoms with Crippen molar-refractivity contribution >= 4 is 84.5 Å². The maximum atomic E-state index is 13.4. The maximum Gasteiger partial charge on any atom is 0.254 e. The van der Waals surface area contributed by atoms with Gasteiger partial charge in [0.25, 0.3) is 11.8 Å². The van der Waals surface area contributed by atoms with E-state index < -0.39 is 65.5 Å². The van der Waals surface area contributed by atoms with Gasteiger partial charge >= 0.3 is 0 Å². The minimum absolute atomic E-state index is 0.0899. The number of hydrogen-bond donors (Lipinski definition) is 6. The number of nitrogens with two attached hydrogens (primary N) is 2. The fraction of sp³-hybridized carbons (Fsp3) is 0.690. The van der Waals surface area contributed by atoms with Crippen LogP contribution in [0.1, 0.15) is 67.7 Å². The molecule has 1 heterocycles. The summed E-state index contributed by atoms with van der Waals surface area (Å²) in [5.74, 6) is -3.70. The monoisotopic (exact) mass is 735 g/mol. The lowest BCUT2D eigenvalue weighted by Crippen LogP contribution is -2.57. The molecule has 0 fully saturated rings. The molecule has 18 heteroatoms. The third-order valence-electron chi connectivity index (χ3n) is 5.97. The Kier molecular flexibility index (Phi) is 18.3. The van der Waals surface area contributed by atoms with Gasteiger partial charge in [0.1, 0.15) is 24.2 Å². The molecule has 1 aliphatic heterocycles. The number of nitrogens with one attached hydrogen (secondary N) is 4. The third kappa shape index (κ3) is 17.0. The number of rotatable bonds is 20. The van der Waals surface area contributed by atoms with E-state index in [4.69, 9.17) is 11.5 Å². The minimum Gasteiger partial charge on any atom is -0.368 e. The highest BCUT2D eigenvalue weighted by Gasteiger charge is 2.35. The quantitative estimate of drug-likeness (QED) is 0.0582. The van der Waals surface area contributed by atoms with Crippen LogP contribution in [0.25, 0.3) is 0 Å². The van der Waals surface area contributed by atoms with Gasteiger partial charge in [0.05, 0.1) is 0 Å². The summed E-state index contributed by atoms with van der Waals surface area (Å²) in [5.41, 5.74) is 11.2. The Labute approximate surface area is 292 Å². The molecule has 0 aromatic rings. The third-order valence-corrected chi connectivity index (χ3v) is 12.7. The maximum absolute atomic E-state index is 13.4. The van der Waals surface area contributed by atoms with Crippen molar-refractivity contribution < 1.29 is 33.6 Å². The molecule has 47 heavy (non-hydrogen) atoms. The number of amides is 7.